The van der Waals surface area contributed by atoms with E-state index in [9.17, 15) is 0 Å². The highest BCUT2D eigenvalue weighted by Gasteiger charge is 2.18. The molecule has 0 saturated carbocycles. The maximum Gasteiger partial charge on any atom is -0.0130 e. The molecule has 0 heteroatoms. The maximum absolute atomic E-state index is 3.43. The molecule has 0 aromatic heterocycles. The summed E-state index contributed by atoms with van der Waals surface area (Å²) in [6.45, 7) is 6.97. The Morgan fingerprint density at radius 3 is 2.47 bits per heavy atom. The van der Waals surface area contributed by atoms with E-state index >= 15 is 0 Å². The van der Waals surface area contributed by atoms with Crippen molar-refractivity contribution < 1.29 is 0 Å². The van der Waals surface area contributed by atoms with Crippen LogP contribution in [-0.4, -0.2) is 0 Å². The predicted octanol–water partition coefficient (Wildman–Crippen LogP) is 5.59. The van der Waals surface area contributed by atoms with Crippen LogP contribution in [0, 0.1) is 12.0 Å². The van der Waals surface area contributed by atoms with Gasteiger partial charge in [-0.05, 0) is 29.9 Å². The van der Waals surface area contributed by atoms with E-state index in [1.165, 1.54) is 44.1 Å². The first-order valence-corrected chi connectivity index (χ1v) is 7.26. The van der Waals surface area contributed by atoms with Crippen LogP contribution < -0.4 is 0 Å². The topological polar surface area (TPSA) is 0 Å². The van der Waals surface area contributed by atoms with Gasteiger partial charge in [0.15, 0.2) is 0 Å². The SMILES string of the molecule is CCCCCC(c1[c]cccc1)C(C)CCC. The van der Waals surface area contributed by atoms with Crippen molar-refractivity contribution in [2.75, 3.05) is 0 Å². The zero-order valence-electron chi connectivity index (χ0n) is 11.7. The Balaban J connectivity index is 2.64. The lowest BCUT2D eigenvalue weighted by Crippen LogP contribution is -2.10. The minimum atomic E-state index is 0.711. The fraction of sp³-hybridized carbons (Fsp3) is 0.647. The Morgan fingerprint density at radius 1 is 1.06 bits per heavy atom. The lowest BCUT2D eigenvalue weighted by molar-refractivity contribution is 0.391. The van der Waals surface area contributed by atoms with Crippen molar-refractivity contribution in [1.82, 2.24) is 0 Å². The van der Waals surface area contributed by atoms with Crippen molar-refractivity contribution in [3.8, 4) is 0 Å². The van der Waals surface area contributed by atoms with Crippen LogP contribution in [0.2, 0.25) is 0 Å². The number of hydrogen-bond donors (Lipinski definition) is 0. The molecule has 0 aliphatic rings. The summed E-state index contributed by atoms with van der Waals surface area (Å²) in [7, 11) is 0. The summed E-state index contributed by atoms with van der Waals surface area (Å²) in [4.78, 5) is 0. The largest absolute Gasteiger partial charge is 0.0654 e. The van der Waals surface area contributed by atoms with Gasteiger partial charge in [0, 0.05) is 0 Å². The molecule has 95 valence electrons. The van der Waals surface area contributed by atoms with Crippen molar-refractivity contribution in [2.45, 2.75) is 65.2 Å². The van der Waals surface area contributed by atoms with Crippen LogP contribution in [-0.2, 0) is 0 Å². The summed E-state index contributed by atoms with van der Waals surface area (Å²) >= 11 is 0. The molecule has 1 radical (unpaired) electrons. The van der Waals surface area contributed by atoms with E-state index in [4.69, 9.17) is 0 Å². The molecule has 1 rings (SSSR count). The second-order valence-corrected chi connectivity index (χ2v) is 5.19. The molecular weight excluding hydrogens is 204 g/mol. The van der Waals surface area contributed by atoms with Crippen LogP contribution in [0.1, 0.15) is 70.8 Å². The number of hydrogen-bond acceptors (Lipinski definition) is 0. The smallest absolute Gasteiger partial charge is 0.0130 e. The fourth-order valence-corrected chi connectivity index (χ4v) is 2.66. The fourth-order valence-electron chi connectivity index (χ4n) is 2.66. The van der Waals surface area contributed by atoms with Crippen molar-refractivity contribution in [3.63, 3.8) is 0 Å². The number of unbranched alkanes of at least 4 members (excludes halogenated alkanes) is 2. The molecule has 2 unspecified atom stereocenters. The summed E-state index contributed by atoms with van der Waals surface area (Å²) in [5.74, 6) is 1.50. The van der Waals surface area contributed by atoms with Crippen LogP contribution in [0.4, 0.5) is 0 Å². The van der Waals surface area contributed by atoms with Gasteiger partial charge in [0.05, 0.1) is 0 Å². The van der Waals surface area contributed by atoms with Crippen molar-refractivity contribution in [1.29, 1.82) is 0 Å². The molecule has 0 spiro atoms. The number of rotatable bonds is 8. The molecule has 0 saturated heterocycles. The minimum absolute atomic E-state index is 0.711. The van der Waals surface area contributed by atoms with Crippen molar-refractivity contribution in [2.24, 2.45) is 5.92 Å². The lowest BCUT2D eigenvalue weighted by atomic mass is 9.81. The molecule has 0 aliphatic carbocycles. The summed E-state index contributed by atoms with van der Waals surface area (Å²) < 4.78 is 0. The average molecular weight is 231 g/mol. The molecule has 1 aromatic rings. The van der Waals surface area contributed by atoms with Crippen LogP contribution in [0.25, 0.3) is 0 Å². The molecule has 0 fully saturated rings. The van der Waals surface area contributed by atoms with Gasteiger partial charge >= 0.3 is 0 Å². The van der Waals surface area contributed by atoms with Gasteiger partial charge in [-0.1, -0.05) is 77.1 Å². The molecule has 1 aromatic carbocycles. The highest BCUT2D eigenvalue weighted by Crippen LogP contribution is 2.32. The zero-order valence-corrected chi connectivity index (χ0v) is 11.7. The van der Waals surface area contributed by atoms with E-state index in [0.717, 1.165) is 5.92 Å². The van der Waals surface area contributed by atoms with E-state index in [2.05, 4.69) is 51.1 Å². The Kier molecular flexibility index (Phi) is 7.00. The third-order valence-electron chi connectivity index (χ3n) is 3.68. The van der Waals surface area contributed by atoms with Gasteiger partial charge in [0.2, 0.25) is 0 Å². The number of benzene rings is 1. The van der Waals surface area contributed by atoms with Gasteiger partial charge in [0.25, 0.3) is 0 Å². The lowest BCUT2D eigenvalue weighted by Gasteiger charge is -2.24. The summed E-state index contributed by atoms with van der Waals surface area (Å²) in [6, 6.07) is 12.0. The van der Waals surface area contributed by atoms with E-state index < -0.39 is 0 Å². The summed E-state index contributed by atoms with van der Waals surface area (Å²) in [5.41, 5.74) is 1.42. The van der Waals surface area contributed by atoms with Gasteiger partial charge in [-0.25, -0.2) is 0 Å². The third kappa shape index (κ3) is 4.93. The first kappa shape index (κ1) is 14.3. The van der Waals surface area contributed by atoms with E-state index in [1.807, 2.05) is 0 Å². The van der Waals surface area contributed by atoms with E-state index in [1.54, 1.807) is 0 Å². The molecule has 2 atom stereocenters. The highest BCUT2D eigenvalue weighted by atomic mass is 14.2. The standard InChI is InChI=1S/C17H27/c1-4-6-8-14-17(15(3)11-5-2)16-12-9-7-10-13-16/h7,9-10,12,15,17H,4-6,8,11,14H2,1-3H3. The second-order valence-electron chi connectivity index (χ2n) is 5.19. The van der Waals surface area contributed by atoms with Crippen molar-refractivity contribution >= 4 is 0 Å². The summed E-state index contributed by atoms with van der Waals surface area (Å²) in [6.07, 6.45) is 7.99. The van der Waals surface area contributed by atoms with E-state index in [0.29, 0.717) is 5.92 Å². The molecule has 0 N–H and O–H groups in total. The van der Waals surface area contributed by atoms with E-state index in [-0.39, 0.29) is 0 Å². The summed E-state index contributed by atoms with van der Waals surface area (Å²) in [5, 5.41) is 0. The monoisotopic (exact) mass is 231 g/mol. The Labute approximate surface area is 107 Å². The van der Waals surface area contributed by atoms with Gasteiger partial charge in [-0.3, -0.25) is 0 Å². The van der Waals surface area contributed by atoms with Crippen LogP contribution in [0.5, 0.6) is 0 Å². The predicted molar refractivity (Wildman–Crippen MR) is 76.2 cm³/mol. The quantitative estimate of drug-likeness (QED) is 0.512. The Bertz CT molecular complexity index is 275. The van der Waals surface area contributed by atoms with Gasteiger partial charge < -0.3 is 0 Å². The third-order valence-corrected chi connectivity index (χ3v) is 3.68. The normalized spacial score (nSPS) is 14.5. The minimum Gasteiger partial charge on any atom is -0.0654 e. The maximum atomic E-state index is 3.43. The zero-order chi connectivity index (χ0) is 12.5. The molecule has 0 heterocycles. The first-order valence-electron chi connectivity index (χ1n) is 7.26. The van der Waals surface area contributed by atoms with Gasteiger partial charge in [-0.15, -0.1) is 0 Å². The van der Waals surface area contributed by atoms with Crippen LogP contribution in [0.15, 0.2) is 24.3 Å². The average Bonchev–Trinajstić information content (AvgIpc) is 2.36. The van der Waals surface area contributed by atoms with Gasteiger partial charge in [0.1, 0.15) is 0 Å². The van der Waals surface area contributed by atoms with Gasteiger partial charge in [-0.2, -0.15) is 0 Å². The molecule has 17 heavy (non-hydrogen) atoms. The molecular formula is C17H27. The van der Waals surface area contributed by atoms with Crippen LogP contribution >= 0.6 is 0 Å². The molecule has 0 nitrogen and oxygen atoms in total. The Morgan fingerprint density at radius 2 is 1.88 bits per heavy atom. The Hall–Kier alpha value is -0.780. The molecule has 0 bridgehead atoms. The molecule has 0 aliphatic heterocycles. The van der Waals surface area contributed by atoms with Crippen molar-refractivity contribution in [3.05, 3.63) is 35.9 Å². The highest BCUT2D eigenvalue weighted by molar-refractivity contribution is 5.18. The molecule has 0 amide bonds. The first-order chi connectivity index (χ1) is 8.29. The van der Waals surface area contributed by atoms with Crippen LogP contribution in [0.3, 0.4) is 0 Å². The second kappa shape index (κ2) is 8.33.